The molecule has 0 fully saturated rings. The molecule has 1 N–H and O–H groups in total. The van der Waals surface area contributed by atoms with Crippen LogP contribution in [0.2, 0.25) is 0 Å². The predicted molar refractivity (Wildman–Crippen MR) is 95.0 cm³/mol. The first kappa shape index (κ1) is 17.8. The van der Waals surface area contributed by atoms with Crippen molar-refractivity contribution in [2.24, 2.45) is 0 Å². The number of benzene rings is 1. The molecule has 1 amide bonds. The summed E-state index contributed by atoms with van der Waals surface area (Å²) in [6.45, 7) is 11.2. The quantitative estimate of drug-likeness (QED) is 0.895. The summed E-state index contributed by atoms with van der Waals surface area (Å²) in [7, 11) is 0. The fourth-order valence-corrected chi connectivity index (χ4v) is 2.80. The van der Waals surface area contributed by atoms with Crippen molar-refractivity contribution in [1.29, 1.82) is 0 Å². The van der Waals surface area contributed by atoms with Gasteiger partial charge in [0.15, 0.2) is 0 Å². The van der Waals surface area contributed by atoms with Gasteiger partial charge in [0.05, 0.1) is 5.69 Å². The lowest BCUT2D eigenvalue weighted by atomic mass is 9.98. The van der Waals surface area contributed by atoms with Crippen LogP contribution in [-0.4, -0.2) is 24.8 Å². The molecule has 0 unspecified atom stereocenters. The molecule has 1 aliphatic rings. The van der Waals surface area contributed by atoms with Crippen molar-refractivity contribution < 1.29 is 9.53 Å². The summed E-state index contributed by atoms with van der Waals surface area (Å²) in [5.74, 6) is 0. The Balaban J connectivity index is 2.24. The lowest BCUT2D eigenvalue weighted by Gasteiger charge is -2.33. The molecule has 0 saturated carbocycles. The van der Waals surface area contributed by atoms with E-state index in [-0.39, 0.29) is 6.09 Å². The molecular formula is C18H25ClN2O2. The number of nitrogens with one attached hydrogen (secondary N) is 1. The van der Waals surface area contributed by atoms with Gasteiger partial charge in [-0.05, 0) is 44.7 Å². The number of carbonyl (C=O) groups excluding carboxylic acids is 1. The lowest BCUT2D eigenvalue weighted by molar-refractivity contribution is 0.0577. The van der Waals surface area contributed by atoms with Gasteiger partial charge in [-0.2, -0.15) is 0 Å². The normalized spacial score (nSPS) is 14.3. The largest absolute Gasteiger partial charge is 0.443 e. The van der Waals surface area contributed by atoms with Gasteiger partial charge in [0.1, 0.15) is 5.60 Å². The molecule has 0 bridgehead atoms. The van der Waals surface area contributed by atoms with Crippen molar-refractivity contribution in [3.63, 3.8) is 0 Å². The van der Waals surface area contributed by atoms with Crippen molar-refractivity contribution in [3.05, 3.63) is 40.9 Å². The molecule has 0 aromatic heterocycles. The van der Waals surface area contributed by atoms with E-state index in [2.05, 4.69) is 18.0 Å². The Morgan fingerprint density at radius 3 is 2.83 bits per heavy atom. The fourth-order valence-electron chi connectivity index (χ4n) is 2.71. The number of ether oxygens (including phenoxy) is 1. The number of anilines is 1. The van der Waals surface area contributed by atoms with Crippen LogP contribution < -0.4 is 10.2 Å². The fraction of sp³-hybridized carbons (Fsp3) is 0.500. The van der Waals surface area contributed by atoms with Crippen molar-refractivity contribution >= 4 is 23.4 Å². The molecule has 0 aliphatic carbocycles. The first-order valence-corrected chi connectivity index (χ1v) is 8.31. The van der Waals surface area contributed by atoms with E-state index < -0.39 is 5.60 Å². The van der Waals surface area contributed by atoms with Gasteiger partial charge in [0, 0.05) is 24.7 Å². The smallest absolute Gasteiger partial charge is 0.414 e. The SMILES string of the molecule is C=C(Cl)CNCc1cccc2c1N(C(=O)OC(C)(C)C)CCC2. The van der Waals surface area contributed by atoms with Gasteiger partial charge in [-0.15, -0.1) is 0 Å². The number of para-hydroxylation sites is 1. The van der Waals surface area contributed by atoms with Crippen molar-refractivity contribution in [3.8, 4) is 0 Å². The van der Waals surface area contributed by atoms with Crippen molar-refractivity contribution in [2.45, 2.75) is 45.8 Å². The van der Waals surface area contributed by atoms with E-state index in [0.717, 1.165) is 24.1 Å². The molecule has 23 heavy (non-hydrogen) atoms. The van der Waals surface area contributed by atoms with Crippen LogP contribution in [0.25, 0.3) is 0 Å². The van der Waals surface area contributed by atoms with Crippen molar-refractivity contribution in [1.82, 2.24) is 5.32 Å². The Bertz CT molecular complexity index is 593. The molecule has 5 heteroatoms. The number of amides is 1. The summed E-state index contributed by atoms with van der Waals surface area (Å²) in [4.78, 5) is 14.3. The van der Waals surface area contributed by atoms with Crippen LogP contribution in [0.1, 0.15) is 38.3 Å². The zero-order valence-corrected chi connectivity index (χ0v) is 14.9. The van der Waals surface area contributed by atoms with Crippen LogP contribution in [0.3, 0.4) is 0 Å². The van der Waals surface area contributed by atoms with E-state index in [9.17, 15) is 4.79 Å². The number of halogens is 1. The molecule has 2 rings (SSSR count). The molecule has 1 heterocycles. The Labute approximate surface area is 143 Å². The highest BCUT2D eigenvalue weighted by Crippen LogP contribution is 2.32. The van der Waals surface area contributed by atoms with Gasteiger partial charge < -0.3 is 10.1 Å². The van der Waals surface area contributed by atoms with Crippen LogP contribution in [-0.2, 0) is 17.7 Å². The Morgan fingerprint density at radius 2 is 2.17 bits per heavy atom. The standard InChI is InChI=1S/C18H25ClN2O2/c1-13(19)11-20-12-15-8-5-7-14-9-6-10-21(16(14)15)17(22)23-18(2,3)4/h5,7-8,20H,1,6,9-12H2,2-4H3. The topological polar surface area (TPSA) is 41.6 Å². The van der Waals surface area contributed by atoms with Gasteiger partial charge in [0.25, 0.3) is 0 Å². The highest BCUT2D eigenvalue weighted by atomic mass is 35.5. The number of rotatable bonds is 4. The summed E-state index contributed by atoms with van der Waals surface area (Å²) in [5, 5.41) is 3.82. The second-order valence-electron chi connectivity index (χ2n) is 6.78. The molecule has 1 aromatic carbocycles. The Kier molecular flexibility index (Phi) is 5.71. The van der Waals surface area contributed by atoms with Gasteiger partial charge >= 0.3 is 6.09 Å². The number of aryl methyl sites for hydroxylation is 1. The molecule has 4 nitrogen and oxygen atoms in total. The van der Waals surface area contributed by atoms with Crippen LogP contribution in [0.15, 0.2) is 29.8 Å². The van der Waals surface area contributed by atoms with E-state index in [1.165, 1.54) is 5.56 Å². The maximum Gasteiger partial charge on any atom is 0.414 e. The maximum absolute atomic E-state index is 12.6. The summed E-state index contributed by atoms with van der Waals surface area (Å²) < 4.78 is 5.56. The second-order valence-corrected chi connectivity index (χ2v) is 7.32. The minimum atomic E-state index is -0.502. The zero-order valence-electron chi connectivity index (χ0n) is 14.1. The minimum absolute atomic E-state index is 0.285. The molecule has 0 radical (unpaired) electrons. The van der Waals surface area contributed by atoms with Crippen LogP contribution in [0, 0.1) is 0 Å². The average molecular weight is 337 g/mol. The summed E-state index contributed by atoms with van der Waals surface area (Å²) in [6.07, 6.45) is 1.64. The highest BCUT2D eigenvalue weighted by molar-refractivity contribution is 6.29. The van der Waals surface area contributed by atoms with Crippen LogP contribution >= 0.6 is 11.6 Å². The van der Waals surface area contributed by atoms with E-state index in [0.29, 0.717) is 24.7 Å². The third-order valence-corrected chi connectivity index (χ3v) is 3.68. The van der Waals surface area contributed by atoms with Gasteiger partial charge in [-0.1, -0.05) is 36.4 Å². The summed E-state index contributed by atoms with van der Waals surface area (Å²) in [6, 6.07) is 6.14. The zero-order chi connectivity index (χ0) is 17.0. The molecule has 126 valence electrons. The molecule has 0 saturated heterocycles. The third kappa shape index (κ3) is 4.98. The number of fused-ring (bicyclic) bond motifs is 1. The molecule has 0 spiro atoms. The monoisotopic (exact) mass is 336 g/mol. The Hall–Kier alpha value is -1.52. The second kappa shape index (κ2) is 7.37. The third-order valence-electron chi connectivity index (χ3n) is 3.55. The number of nitrogens with zero attached hydrogens (tertiary/aromatic N) is 1. The Morgan fingerprint density at radius 1 is 1.43 bits per heavy atom. The predicted octanol–water partition coefficient (Wildman–Crippen LogP) is 4.22. The molecular weight excluding hydrogens is 312 g/mol. The molecule has 0 atom stereocenters. The van der Waals surface area contributed by atoms with E-state index >= 15 is 0 Å². The minimum Gasteiger partial charge on any atom is -0.443 e. The van der Waals surface area contributed by atoms with Crippen molar-refractivity contribution in [2.75, 3.05) is 18.0 Å². The summed E-state index contributed by atoms with van der Waals surface area (Å²) >= 11 is 5.80. The van der Waals surface area contributed by atoms with E-state index in [1.807, 2.05) is 32.9 Å². The number of hydrogen-bond acceptors (Lipinski definition) is 3. The first-order chi connectivity index (χ1) is 10.8. The van der Waals surface area contributed by atoms with Gasteiger partial charge in [-0.25, -0.2) is 4.79 Å². The van der Waals surface area contributed by atoms with E-state index in [1.54, 1.807) is 4.90 Å². The maximum atomic E-state index is 12.6. The first-order valence-electron chi connectivity index (χ1n) is 7.93. The molecule has 1 aliphatic heterocycles. The van der Waals surface area contributed by atoms with Gasteiger partial charge in [0.2, 0.25) is 0 Å². The van der Waals surface area contributed by atoms with E-state index in [4.69, 9.17) is 16.3 Å². The molecule has 1 aromatic rings. The van der Waals surface area contributed by atoms with Crippen LogP contribution in [0.4, 0.5) is 10.5 Å². The summed E-state index contributed by atoms with van der Waals surface area (Å²) in [5.41, 5.74) is 2.73. The van der Waals surface area contributed by atoms with Crippen LogP contribution in [0.5, 0.6) is 0 Å². The lowest BCUT2D eigenvalue weighted by Crippen LogP contribution is -2.40. The highest BCUT2D eigenvalue weighted by Gasteiger charge is 2.28. The number of hydrogen-bond donors (Lipinski definition) is 1. The van der Waals surface area contributed by atoms with Gasteiger partial charge in [-0.3, -0.25) is 4.90 Å². The number of carbonyl (C=O) groups is 1. The average Bonchev–Trinajstić information content (AvgIpc) is 2.44.